The molecule has 0 saturated heterocycles. The zero-order valence-corrected chi connectivity index (χ0v) is 9.05. The van der Waals surface area contributed by atoms with Gasteiger partial charge in [0.1, 0.15) is 6.33 Å². The molecule has 0 bridgehead atoms. The van der Waals surface area contributed by atoms with Crippen molar-refractivity contribution in [1.82, 2.24) is 14.8 Å². The summed E-state index contributed by atoms with van der Waals surface area (Å²) in [7, 11) is 0. The maximum atomic E-state index is 10.8. The van der Waals surface area contributed by atoms with E-state index >= 15 is 0 Å². The Labute approximate surface area is 93.5 Å². The van der Waals surface area contributed by atoms with E-state index in [-0.39, 0.29) is 5.82 Å². The fourth-order valence-corrected chi connectivity index (χ4v) is 1.68. The third kappa shape index (κ3) is 1.75. The molecule has 0 unspecified atom stereocenters. The fourth-order valence-electron chi connectivity index (χ4n) is 1.20. The first kappa shape index (κ1) is 9.85. The number of hydrogen-bond donors (Lipinski definition) is 1. The van der Waals surface area contributed by atoms with E-state index in [1.165, 1.54) is 10.9 Å². The number of benzene rings is 1. The van der Waals surface area contributed by atoms with E-state index in [4.69, 9.17) is 5.11 Å². The molecule has 5 nitrogen and oxygen atoms in total. The lowest BCUT2D eigenvalue weighted by molar-refractivity contribution is 0.0681. The molecule has 0 atom stereocenters. The smallest absolute Gasteiger partial charge is 0.374 e. The topological polar surface area (TPSA) is 68.0 Å². The molecule has 0 saturated carbocycles. The van der Waals surface area contributed by atoms with Crippen molar-refractivity contribution in [2.24, 2.45) is 0 Å². The number of para-hydroxylation sites is 1. The summed E-state index contributed by atoms with van der Waals surface area (Å²) in [5.41, 5.74) is 0.694. The SMILES string of the molecule is O=C(O)c1nncn1-c1ccccc1Br. The number of carboxylic acid groups (broad SMARTS) is 1. The number of hydrogen-bond acceptors (Lipinski definition) is 3. The van der Waals surface area contributed by atoms with Gasteiger partial charge in [-0.2, -0.15) is 0 Å². The van der Waals surface area contributed by atoms with Gasteiger partial charge in [-0.05, 0) is 28.1 Å². The molecule has 2 rings (SSSR count). The van der Waals surface area contributed by atoms with Crippen molar-refractivity contribution in [3.05, 3.63) is 40.9 Å². The number of aromatic nitrogens is 3. The molecule has 1 aromatic heterocycles. The molecule has 2 aromatic rings. The lowest BCUT2D eigenvalue weighted by Gasteiger charge is -2.05. The Kier molecular flexibility index (Phi) is 2.51. The predicted molar refractivity (Wildman–Crippen MR) is 56.0 cm³/mol. The molecule has 0 aliphatic heterocycles. The summed E-state index contributed by atoms with van der Waals surface area (Å²) in [4.78, 5) is 10.8. The third-order valence-electron chi connectivity index (χ3n) is 1.85. The van der Waals surface area contributed by atoms with E-state index in [0.29, 0.717) is 5.69 Å². The minimum atomic E-state index is -1.11. The Morgan fingerprint density at radius 3 is 2.80 bits per heavy atom. The average Bonchev–Trinajstić information content (AvgIpc) is 2.67. The van der Waals surface area contributed by atoms with E-state index in [0.717, 1.165) is 4.47 Å². The fraction of sp³-hybridized carbons (Fsp3) is 0. The molecule has 0 spiro atoms. The van der Waals surface area contributed by atoms with Gasteiger partial charge in [0.2, 0.25) is 5.82 Å². The van der Waals surface area contributed by atoms with Crippen LogP contribution in [0, 0.1) is 0 Å². The third-order valence-corrected chi connectivity index (χ3v) is 2.52. The highest BCUT2D eigenvalue weighted by atomic mass is 79.9. The number of carboxylic acids is 1. The number of halogens is 1. The quantitative estimate of drug-likeness (QED) is 0.900. The first-order chi connectivity index (χ1) is 7.20. The van der Waals surface area contributed by atoms with Crippen LogP contribution in [0.5, 0.6) is 0 Å². The van der Waals surface area contributed by atoms with Crippen molar-refractivity contribution in [2.75, 3.05) is 0 Å². The molecule has 1 heterocycles. The second-order valence-electron chi connectivity index (χ2n) is 2.78. The van der Waals surface area contributed by atoms with Gasteiger partial charge in [0.15, 0.2) is 0 Å². The summed E-state index contributed by atoms with van der Waals surface area (Å²) in [5, 5.41) is 16.0. The van der Waals surface area contributed by atoms with Crippen molar-refractivity contribution in [2.45, 2.75) is 0 Å². The monoisotopic (exact) mass is 267 g/mol. The highest BCUT2D eigenvalue weighted by Gasteiger charge is 2.14. The molecule has 0 fully saturated rings. The molecular weight excluding hydrogens is 262 g/mol. The van der Waals surface area contributed by atoms with Crippen LogP contribution in [0.25, 0.3) is 5.69 Å². The summed E-state index contributed by atoms with van der Waals surface area (Å²) < 4.78 is 2.19. The summed E-state index contributed by atoms with van der Waals surface area (Å²) >= 11 is 3.33. The molecule has 0 aliphatic carbocycles. The molecule has 76 valence electrons. The summed E-state index contributed by atoms with van der Waals surface area (Å²) in [6.45, 7) is 0. The van der Waals surface area contributed by atoms with Crippen LogP contribution in [-0.4, -0.2) is 25.8 Å². The van der Waals surface area contributed by atoms with E-state index in [1.807, 2.05) is 18.2 Å². The molecule has 15 heavy (non-hydrogen) atoms. The summed E-state index contributed by atoms with van der Waals surface area (Å²) in [5.74, 6) is -1.22. The van der Waals surface area contributed by atoms with Crippen LogP contribution in [0.3, 0.4) is 0 Å². The Hall–Kier alpha value is -1.69. The minimum Gasteiger partial charge on any atom is -0.475 e. The van der Waals surface area contributed by atoms with E-state index < -0.39 is 5.97 Å². The molecule has 0 aliphatic rings. The number of rotatable bonds is 2. The van der Waals surface area contributed by atoms with E-state index in [2.05, 4.69) is 26.1 Å². The maximum absolute atomic E-state index is 10.8. The van der Waals surface area contributed by atoms with Crippen LogP contribution in [0.15, 0.2) is 35.1 Å². The van der Waals surface area contributed by atoms with Gasteiger partial charge in [-0.15, -0.1) is 10.2 Å². The Bertz CT molecular complexity index is 510. The zero-order valence-electron chi connectivity index (χ0n) is 7.46. The molecule has 0 radical (unpaired) electrons. The molecule has 0 amide bonds. The Morgan fingerprint density at radius 1 is 1.40 bits per heavy atom. The van der Waals surface area contributed by atoms with Crippen LogP contribution in [0.1, 0.15) is 10.6 Å². The van der Waals surface area contributed by atoms with Gasteiger partial charge in [-0.1, -0.05) is 12.1 Å². The number of aromatic carboxylic acids is 1. The van der Waals surface area contributed by atoms with Crippen molar-refractivity contribution in [3.8, 4) is 5.69 Å². The maximum Gasteiger partial charge on any atom is 0.374 e. The molecule has 6 heteroatoms. The van der Waals surface area contributed by atoms with Crippen LogP contribution in [-0.2, 0) is 0 Å². The lowest BCUT2D eigenvalue weighted by Crippen LogP contribution is -2.07. The molecular formula is C9H6BrN3O2. The first-order valence-corrected chi connectivity index (χ1v) is 4.87. The highest BCUT2D eigenvalue weighted by molar-refractivity contribution is 9.10. The normalized spacial score (nSPS) is 10.2. The van der Waals surface area contributed by atoms with Crippen LogP contribution in [0.2, 0.25) is 0 Å². The Balaban J connectivity index is 2.59. The molecule has 1 aromatic carbocycles. The van der Waals surface area contributed by atoms with Crippen LogP contribution >= 0.6 is 15.9 Å². The summed E-state index contributed by atoms with van der Waals surface area (Å²) in [6.07, 6.45) is 1.36. The van der Waals surface area contributed by atoms with Gasteiger partial charge in [0, 0.05) is 4.47 Å². The number of nitrogens with zero attached hydrogens (tertiary/aromatic N) is 3. The standard InChI is InChI=1S/C9H6BrN3O2/c10-6-3-1-2-4-7(6)13-5-11-12-8(13)9(14)15/h1-5H,(H,14,15). The van der Waals surface area contributed by atoms with Gasteiger partial charge in [0.25, 0.3) is 0 Å². The van der Waals surface area contributed by atoms with Crippen LogP contribution < -0.4 is 0 Å². The predicted octanol–water partition coefficient (Wildman–Crippen LogP) is 1.73. The molecule has 1 N–H and O–H groups in total. The Morgan fingerprint density at radius 2 is 2.13 bits per heavy atom. The van der Waals surface area contributed by atoms with Gasteiger partial charge in [0.05, 0.1) is 5.69 Å². The van der Waals surface area contributed by atoms with Crippen molar-refractivity contribution in [1.29, 1.82) is 0 Å². The van der Waals surface area contributed by atoms with Crippen molar-refractivity contribution >= 4 is 21.9 Å². The minimum absolute atomic E-state index is 0.109. The largest absolute Gasteiger partial charge is 0.475 e. The zero-order chi connectivity index (χ0) is 10.8. The van der Waals surface area contributed by atoms with Crippen molar-refractivity contribution in [3.63, 3.8) is 0 Å². The summed E-state index contributed by atoms with van der Waals surface area (Å²) in [6, 6.07) is 7.25. The lowest BCUT2D eigenvalue weighted by atomic mass is 10.3. The van der Waals surface area contributed by atoms with Gasteiger partial charge >= 0.3 is 5.97 Å². The number of carbonyl (C=O) groups is 1. The van der Waals surface area contributed by atoms with Gasteiger partial charge < -0.3 is 5.11 Å². The van der Waals surface area contributed by atoms with E-state index in [1.54, 1.807) is 6.07 Å². The van der Waals surface area contributed by atoms with Gasteiger partial charge in [-0.3, -0.25) is 4.57 Å². The van der Waals surface area contributed by atoms with Crippen molar-refractivity contribution < 1.29 is 9.90 Å². The van der Waals surface area contributed by atoms with E-state index in [9.17, 15) is 4.79 Å². The van der Waals surface area contributed by atoms with Crippen LogP contribution in [0.4, 0.5) is 0 Å². The first-order valence-electron chi connectivity index (χ1n) is 4.08. The second-order valence-corrected chi connectivity index (χ2v) is 3.64. The average molecular weight is 268 g/mol. The highest BCUT2D eigenvalue weighted by Crippen LogP contribution is 2.20. The van der Waals surface area contributed by atoms with Gasteiger partial charge in [-0.25, -0.2) is 4.79 Å². The second kappa shape index (κ2) is 3.82.